The van der Waals surface area contributed by atoms with Gasteiger partial charge in [-0.15, -0.1) is 0 Å². The quantitative estimate of drug-likeness (QED) is 0.820. The molecule has 1 unspecified atom stereocenters. The van der Waals surface area contributed by atoms with Crippen molar-refractivity contribution in [3.63, 3.8) is 0 Å². The van der Waals surface area contributed by atoms with Crippen molar-refractivity contribution in [1.82, 2.24) is 10.1 Å². The molecule has 6 nitrogen and oxygen atoms in total. The minimum Gasteiger partial charge on any atom is -0.497 e. The number of carbonyl (C=O) groups is 1. The average Bonchev–Trinajstić information content (AvgIpc) is 3.19. The topological polar surface area (TPSA) is 68.5 Å². The monoisotopic (exact) mass is 315 g/mol. The molecule has 1 aliphatic rings. The Morgan fingerprint density at radius 2 is 2.13 bits per heavy atom. The zero-order valence-corrected chi connectivity index (χ0v) is 13.5. The summed E-state index contributed by atoms with van der Waals surface area (Å²) in [6, 6.07) is 7.49. The van der Waals surface area contributed by atoms with Gasteiger partial charge in [0.25, 0.3) is 0 Å². The molecule has 23 heavy (non-hydrogen) atoms. The lowest BCUT2D eigenvalue weighted by Crippen LogP contribution is -2.24. The van der Waals surface area contributed by atoms with Gasteiger partial charge in [-0.05, 0) is 30.7 Å². The first-order valence-electron chi connectivity index (χ1n) is 7.98. The molecule has 1 fully saturated rings. The van der Waals surface area contributed by atoms with Crippen LogP contribution >= 0.6 is 0 Å². The fraction of sp³-hybridized carbons (Fsp3) is 0.471. The number of methoxy groups -OCH3 is 1. The van der Waals surface area contributed by atoms with Gasteiger partial charge in [0.05, 0.1) is 7.11 Å². The van der Waals surface area contributed by atoms with Crippen LogP contribution in [0.15, 0.2) is 28.8 Å². The summed E-state index contributed by atoms with van der Waals surface area (Å²) in [6.07, 6.45) is 3.33. The molecule has 0 saturated carbocycles. The molecule has 0 aliphatic carbocycles. The van der Waals surface area contributed by atoms with Gasteiger partial charge < -0.3 is 14.2 Å². The number of benzene rings is 1. The van der Waals surface area contributed by atoms with Gasteiger partial charge in [0, 0.05) is 31.0 Å². The van der Waals surface area contributed by atoms with E-state index in [0.717, 1.165) is 30.7 Å². The zero-order valence-electron chi connectivity index (χ0n) is 13.5. The van der Waals surface area contributed by atoms with E-state index in [0.29, 0.717) is 24.7 Å². The van der Waals surface area contributed by atoms with Gasteiger partial charge in [0.2, 0.25) is 11.8 Å². The molecule has 0 N–H and O–H groups in total. The second-order valence-corrected chi connectivity index (χ2v) is 5.75. The standard InChI is InChI=1S/C17H21N3O3/c1-3-4-5-15-18-17(19-23-15)12-10-16(21)20(11-12)13-6-8-14(22-2)9-7-13/h6-9,12H,3-5,10-11H2,1-2H3. The lowest BCUT2D eigenvalue weighted by atomic mass is 10.1. The van der Waals surface area contributed by atoms with Crippen molar-refractivity contribution < 1.29 is 14.1 Å². The predicted octanol–water partition coefficient (Wildman–Crippen LogP) is 2.94. The highest BCUT2D eigenvalue weighted by Crippen LogP contribution is 2.31. The molecule has 1 aromatic carbocycles. The number of aromatic nitrogens is 2. The van der Waals surface area contributed by atoms with E-state index < -0.39 is 0 Å². The first kappa shape index (κ1) is 15.5. The Labute approximate surface area is 135 Å². The molecule has 2 aromatic rings. The third-order valence-electron chi connectivity index (χ3n) is 4.10. The van der Waals surface area contributed by atoms with Crippen LogP contribution < -0.4 is 9.64 Å². The number of rotatable bonds is 6. The Morgan fingerprint density at radius 3 is 2.83 bits per heavy atom. The smallest absolute Gasteiger partial charge is 0.227 e. The molecule has 1 aliphatic heterocycles. The number of carbonyl (C=O) groups excluding carboxylic acids is 1. The highest BCUT2D eigenvalue weighted by molar-refractivity contribution is 5.96. The summed E-state index contributed by atoms with van der Waals surface area (Å²) >= 11 is 0. The minimum atomic E-state index is -0.0104. The molecule has 1 amide bonds. The maximum atomic E-state index is 12.3. The summed E-state index contributed by atoms with van der Waals surface area (Å²) in [5.74, 6) is 2.15. The van der Waals surface area contributed by atoms with Crippen molar-refractivity contribution in [1.29, 1.82) is 0 Å². The van der Waals surface area contributed by atoms with E-state index in [2.05, 4.69) is 17.1 Å². The SMILES string of the molecule is CCCCc1nc(C2CC(=O)N(c3ccc(OC)cc3)C2)no1. The largest absolute Gasteiger partial charge is 0.497 e. The first-order chi connectivity index (χ1) is 11.2. The summed E-state index contributed by atoms with van der Waals surface area (Å²) in [5.41, 5.74) is 0.869. The highest BCUT2D eigenvalue weighted by Gasteiger charge is 2.34. The van der Waals surface area contributed by atoms with E-state index in [-0.39, 0.29) is 11.8 Å². The van der Waals surface area contributed by atoms with Gasteiger partial charge in [-0.2, -0.15) is 4.98 Å². The molecule has 6 heteroatoms. The molecule has 1 aromatic heterocycles. The van der Waals surface area contributed by atoms with Gasteiger partial charge >= 0.3 is 0 Å². The third kappa shape index (κ3) is 3.36. The molecule has 122 valence electrons. The van der Waals surface area contributed by atoms with Crippen LogP contribution in [0.1, 0.15) is 43.8 Å². The van der Waals surface area contributed by atoms with Crippen molar-refractivity contribution in [2.75, 3.05) is 18.6 Å². The van der Waals surface area contributed by atoms with Gasteiger partial charge in [-0.25, -0.2) is 0 Å². The number of ether oxygens (including phenoxy) is 1. The maximum Gasteiger partial charge on any atom is 0.227 e. The summed E-state index contributed by atoms with van der Waals surface area (Å²) in [6.45, 7) is 2.71. The van der Waals surface area contributed by atoms with E-state index in [1.165, 1.54) is 0 Å². The number of aryl methyl sites for hydroxylation is 1. The lowest BCUT2D eigenvalue weighted by molar-refractivity contribution is -0.117. The fourth-order valence-electron chi connectivity index (χ4n) is 2.76. The molecule has 1 saturated heterocycles. The van der Waals surface area contributed by atoms with Crippen LogP contribution in [0.3, 0.4) is 0 Å². The second kappa shape index (κ2) is 6.81. The van der Waals surface area contributed by atoms with Gasteiger partial charge in [0.1, 0.15) is 5.75 Å². The highest BCUT2D eigenvalue weighted by atomic mass is 16.5. The van der Waals surface area contributed by atoms with Crippen LogP contribution in [-0.4, -0.2) is 29.7 Å². The molecule has 1 atom stereocenters. The fourth-order valence-corrected chi connectivity index (χ4v) is 2.76. The van der Waals surface area contributed by atoms with Gasteiger partial charge in [-0.3, -0.25) is 4.79 Å². The first-order valence-corrected chi connectivity index (χ1v) is 7.98. The number of unbranched alkanes of at least 4 members (excludes halogenated alkanes) is 1. The number of hydrogen-bond donors (Lipinski definition) is 0. The maximum absolute atomic E-state index is 12.3. The van der Waals surface area contributed by atoms with Crippen LogP contribution in [-0.2, 0) is 11.2 Å². The van der Waals surface area contributed by atoms with E-state index in [1.54, 1.807) is 12.0 Å². The lowest BCUT2D eigenvalue weighted by Gasteiger charge is -2.16. The number of nitrogens with zero attached hydrogens (tertiary/aromatic N) is 3. The average molecular weight is 315 g/mol. The Balaban J connectivity index is 1.70. The Hall–Kier alpha value is -2.37. The molecular formula is C17H21N3O3. The summed E-state index contributed by atoms with van der Waals surface area (Å²) < 4.78 is 10.4. The van der Waals surface area contributed by atoms with Crippen molar-refractivity contribution >= 4 is 11.6 Å². The normalized spacial score (nSPS) is 17.7. The third-order valence-corrected chi connectivity index (χ3v) is 4.10. The van der Waals surface area contributed by atoms with E-state index in [9.17, 15) is 4.79 Å². The molecule has 0 spiro atoms. The Morgan fingerprint density at radius 1 is 1.35 bits per heavy atom. The van der Waals surface area contributed by atoms with Gasteiger partial charge in [-0.1, -0.05) is 18.5 Å². The summed E-state index contributed by atoms with van der Waals surface area (Å²) in [4.78, 5) is 18.5. The molecule has 2 heterocycles. The zero-order chi connectivity index (χ0) is 16.2. The van der Waals surface area contributed by atoms with Crippen LogP contribution in [0.2, 0.25) is 0 Å². The van der Waals surface area contributed by atoms with Crippen molar-refractivity contribution in [2.45, 2.75) is 38.5 Å². The minimum absolute atomic E-state index is 0.0104. The van der Waals surface area contributed by atoms with Crippen LogP contribution in [0.5, 0.6) is 5.75 Å². The van der Waals surface area contributed by atoms with E-state index in [1.807, 2.05) is 24.3 Å². The van der Waals surface area contributed by atoms with Crippen molar-refractivity contribution in [3.8, 4) is 5.75 Å². The molecule has 3 rings (SSSR count). The summed E-state index contributed by atoms with van der Waals surface area (Å²) in [5, 5.41) is 4.06. The Bertz CT molecular complexity index is 666. The molecule has 0 bridgehead atoms. The van der Waals surface area contributed by atoms with Crippen molar-refractivity contribution in [3.05, 3.63) is 36.0 Å². The predicted molar refractivity (Wildman–Crippen MR) is 85.6 cm³/mol. The van der Waals surface area contributed by atoms with Crippen LogP contribution in [0.25, 0.3) is 0 Å². The van der Waals surface area contributed by atoms with Gasteiger partial charge in [0.15, 0.2) is 5.82 Å². The van der Waals surface area contributed by atoms with E-state index in [4.69, 9.17) is 9.26 Å². The molecule has 0 radical (unpaired) electrons. The number of amides is 1. The number of anilines is 1. The van der Waals surface area contributed by atoms with Crippen molar-refractivity contribution in [2.24, 2.45) is 0 Å². The second-order valence-electron chi connectivity index (χ2n) is 5.75. The van der Waals surface area contributed by atoms with E-state index >= 15 is 0 Å². The van der Waals surface area contributed by atoms with Crippen LogP contribution in [0, 0.1) is 0 Å². The summed E-state index contributed by atoms with van der Waals surface area (Å²) in [7, 11) is 1.62. The van der Waals surface area contributed by atoms with Crippen LogP contribution in [0.4, 0.5) is 5.69 Å². The Kier molecular flexibility index (Phi) is 4.60. The number of hydrogen-bond acceptors (Lipinski definition) is 5. The molecular weight excluding hydrogens is 294 g/mol.